The average Bonchev–Trinajstić information content (AvgIpc) is 2.30. The van der Waals surface area contributed by atoms with Crippen LogP contribution in [-0.2, 0) is 11.3 Å². The number of hydrogen-bond acceptors (Lipinski definition) is 4. The van der Waals surface area contributed by atoms with Crippen molar-refractivity contribution >= 4 is 5.97 Å². The van der Waals surface area contributed by atoms with Crippen LogP contribution in [0.1, 0.15) is 25.1 Å². The van der Waals surface area contributed by atoms with Crippen LogP contribution in [0.15, 0.2) is 12.1 Å². The Labute approximate surface area is 107 Å². The van der Waals surface area contributed by atoms with Gasteiger partial charge in [-0.25, -0.2) is 4.98 Å². The van der Waals surface area contributed by atoms with Gasteiger partial charge in [0.15, 0.2) is 0 Å². The molecule has 0 aliphatic carbocycles. The highest BCUT2D eigenvalue weighted by Gasteiger charge is 2.26. The molecule has 100 valence electrons. The molecule has 0 spiro atoms. The van der Waals surface area contributed by atoms with E-state index in [1.165, 1.54) is 0 Å². The molecule has 5 heteroatoms. The first-order valence-corrected chi connectivity index (χ1v) is 5.81. The average molecular weight is 252 g/mol. The fourth-order valence-corrected chi connectivity index (χ4v) is 1.46. The van der Waals surface area contributed by atoms with Crippen molar-refractivity contribution < 1.29 is 14.6 Å². The first kappa shape index (κ1) is 14.4. The van der Waals surface area contributed by atoms with E-state index in [-0.39, 0.29) is 0 Å². The summed E-state index contributed by atoms with van der Waals surface area (Å²) in [5, 5.41) is 12.1. The Morgan fingerprint density at radius 3 is 2.72 bits per heavy atom. The van der Waals surface area contributed by atoms with Crippen molar-refractivity contribution in [3.05, 3.63) is 23.4 Å². The molecule has 0 amide bonds. The summed E-state index contributed by atoms with van der Waals surface area (Å²) in [6, 6.07) is 3.84. The van der Waals surface area contributed by atoms with Gasteiger partial charge in [0.1, 0.15) is 0 Å². The number of ether oxygens (including phenoxy) is 1. The van der Waals surface area contributed by atoms with Crippen LogP contribution < -0.4 is 10.1 Å². The number of carboxylic acids is 1. The summed E-state index contributed by atoms with van der Waals surface area (Å²) >= 11 is 0. The number of pyridine rings is 1. The number of carbonyl (C=O) groups is 1. The summed E-state index contributed by atoms with van der Waals surface area (Å²) in [4.78, 5) is 15.2. The second-order valence-electron chi connectivity index (χ2n) is 4.91. The van der Waals surface area contributed by atoms with Gasteiger partial charge < -0.3 is 15.2 Å². The topological polar surface area (TPSA) is 71.5 Å². The smallest absolute Gasteiger partial charge is 0.310 e. The Bertz CT molecular complexity index is 430. The molecule has 0 saturated heterocycles. The summed E-state index contributed by atoms with van der Waals surface area (Å²) < 4.78 is 5.19. The predicted molar refractivity (Wildman–Crippen MR) is 68.6 cm³/mol. The zero-order valence-electron chi connectivity index (χ0n) is 11.3. The second-order valence-corrected chi connectivity index (χ2v) is 4.91. The van der Waals surface area contributed by atoms with E-state index in [0.29, 0.717) is 19.0 Å². The summed E-state index contributed by atoms with van der Waals surface area (Å²) in [5.74, 6) is -0.236. The van der Waals surface area contributed by atoms with E-state index < -0.39 is 11.4 Å². The lowest BCUT2D eigenvalue weighted by Crippen LogP contribution is -2.35. The van der Waals surface area contributed by atoms with Gasteiger partial charge in [-0.3, -0.25) is 4.79 Å². The van der Waals surface area contributed by atoms with Crippen LogP contribution in [0.25, 0.3) is 0 Å². The molecule has 0 atom stereocenters. The number of aliphatic carboxylic acids is 1. The molecule has 0 fully saturated rings. The minimum Gasteiger partial charge on any atom is -0.481 e. The fraction of sp³-hybridized carbons (Fsp3) is 0.538. The van der Waals surface area contributed by atoms with Crippen molar-refractivity contribution in [2.24, 2.45) is 5.41 Å². The van der Waals surface area contributed by atoms with Crippen molar-refractivity contribution in [2.45, 2.75) is 27.3 Å². The molecule has 0 aliphatic heterocycles. The molecule has 0 unspecified atom stereocenters. The Kier molecular flexibility index (Phi) is 4.67. The van der Waals surface area contributed by atoms with E-state index in [2.05, 4.69) is 10.3 Å². The molecule has 0 bridgehead atoms. The quantitative estimate of drug-likeness (QED) is 0.804. The normalized spacial score (nSPS) is 11.3. The van der Waals surface area contributed by atoms with Crippen molar-refractivity contribution in [1.82, 2.24) is 10.3 Å². The zero-order valence-corrected chi connectivity index (χ0v) is 11.3. The molecule has 0 aliphatic rings. The third kappa shape index (κ3) is 3.70. The molecule has 5 nitrogen and oxygen atoms in total. The van der Waals surface area contributed by atoms with Crippen LogP contribution in [0, 0.1) is 12.3 Å². The van der Waals surface area contributed by atoms with Gasteiger partial charge in [0.25, 0.3) is 0 Å². The monoisotopic (exact) mass is 252 g/mol. The van der Waals surface area contributed by atoms with Crippen molar-refractivity contribution in [2.75, 3.05) is 13.7 Å². The third-order valence-electron chi connectivity index (χ3n) is 2.73. The molecule has 1 heterocycles. The van der Waals surface area contributed by atoms with Gasteiger partial charge in [0.05, 0.1) is 12.5 Å². The fourth-order valence-electron chi connectivity index (χ4n) is 1.46. The number of nitrogens with one attached hydrogen (secondary N) is 1. The molecule has 0 aromatic carbocycles. The van der Waals surface area contributed by atoms with Gasteiger partial charge >= 0.3 is 5.97 Å². The van der Waals surface area contributed by atoms with Crippen molar-refractivity contribution in [3.8, 4) is 5.88 Å². The number of hydrogen-bond donors (Lipinski definition) is 2. The van der Waals surface area contributed by atoms with Crippen LogP contribution >= 0.6 is 0 Å². The van der Waals surface area contributed by atoms with Crippen LogP contribution in [0.3, 0.4) is 0 Å². The first-order chi connectivity index (χ1) is 8.36. The lowest BCUT2D eigenvalue weighted by Gasteiger charge is -2.19. The molecule has 1 rings (SSSR count). The predicted octanol–water partition coefficient (Wildman–Crippen LogP) is 1.60. The Balaban J connectivity index is 2.62. The number of aryl methyl sites for hydroxylation is 1. The molecular formula is C13H20N2O3. The van der Waals surface area contributed by atoms with Gasteiger partial charge in [-0.1, -0.05) is 6.07 Å². The lowest BCUT2D eigenvalue weighted by atomic mass is 9.94. The van der Waals surface area contributed by atoms with Crippen molar-refractivity contribution in [1.29, 1.82) is 0 Å². The molecule has 1 aromatic heterocycles. The highest BCUT2D eigenvalue weighted by atomic mass is 16.5. The number of methoxy groups -OCH3 is 1. The van der Waals surface area contributed by atoms with Gasteiger partial charge in [0, 0.05) is 24.3 Å². The molecule has 1 aromatic rings. The first-order valence-electron chi connectivity index (χ1n) is 5.81. The summed E-state index contributed by atoms with van der Waals surface area (Å²) in [7, 11) is 1.58. The van der Waals surface area contributed by atoms with Gasteiger partial charge in [0.2, 0.25) is 5.88 Å². The van der Waals surface area contributed by atoms with E-state index in [4.69, 9.17) is 9.84 Å². The van der Waals surface area contributed by atoms with E-state index in [1.807, 2.05) is 19.1 Å². The third-order valence-corrected chi connectivity index (χ3v) is 2.73. The number of nitrogens with zero attached hydrogens (tertiary/aromatic N) is 1. The molecular weight excluding hydrogens is 232 g/mol. The molecule has 2 N–H and O–H groups in total. The van der Waals surface area contributed by atoms with Crippen LogP contribution in [0.2, 0.25) is 0 Å². The van der Waals surface area contributed by atoms with Crippen LogP contribution in [-0.4, -0.2) is 29.7 Å². The van der Waals surface area contributed by atoms with E-state index in [0.717, 1.165) is 11.3 Å². The van der Waals surface area contributed by atoms with E-state index in [9.17, 15) is 4.79 Å². The van der Waals surface area contributed by atoms with E-state index in [1.54, 1.807) is 21.0 Å². The molecule has 0 saturated carbocycles. The Morgan fingerprint density at radius 2 is 2.17 bits per heavy atom. The van der Waals surface area contributed by atoms with Crippen LogP contribution in [0.5, 0.6) is 5.88 Å². The maximum absolute atomic E-state index is 11.0. The minimum absolute atomic E-state index is 0.388. The largest absolute Gasteiger partial charge is 0.481 e. The zero-order chi connectivity index (χ0) is 13.8. The molecule has 18 heavy (non-hydrogen) atoms. The standard InChI is InChI=1S/C13H20N2O3/c1-9-5-6-10(11(15-9)18-4)7-14-8-13(2,3)12(16)17/h5-6,14H,7-8H2,1-4H3,(H,16,17). The highest BCUT2D eigenvalue weighted by molar-refractivity contribution is 5.73. The summed E-state index contributed by atoms with van der Waals surface area (Å²) in [6.45, 7) is 6.19. The van der Waals surface area contributed by atoms with Crippen LogP contribution in [0.4, 0.5) is 0 Å². The number of aromatic nitrogens is 1. The maximum atomic E-state index is 11.0. The maximum Gasteiger partial charge on any atom is 0.310 e. The lowest BCUT2D eigenvalue weighted by molar-refractivity contribution is -0.146. The second kappa shape index (κ2) is 5.82. The SMILES string of the molecule is COc1nc(C)ccc1CNCC(C)(C)C(=O)O. The summed E-state index contributed by atoms with van der Waals surface area (Å²) in [6.07, 6.45) is 0. The molecule has 0 radical (unpaired) electrons. The number of rotatable bonds is 6. The van der Waals surface area contributed by atoms with Gasteiger partial charge in [-0.05, 0) is 26.8 Å². The van der Waals surface area contributed by atoms with Gasteiger partial charge in [-0.2, -0.15) is 0 Å². The highest BCUT2D eigenvalue weighted by Crippen LogP contribution is 2.17. The Hall–Kier alpha value is -1.62. The van der Waals surface area contributed by atoms with Crippen molar-refractivity contribution in [3.63, 3.8) is 0 Å². The van der Waals surface area contributed by atoms with E-state index >= 15 is 0 Å². The van der Waals surface area contributed by atoms with Gasteiger partial charge in [-0.15, -0.1) is 0 Å². The Morgan fingerprint density at radius 1 is 1.50 bits per heavy atom. The minimum atomic E-state index is -0.816. The number of carboxylic acid groups (broad SMARTS) is 1. The summed E-state index contributed by atoms with van der Waals surface area (Å²) in [5.41, 5.74) is 1.02.